The van der Waals surface area contributed by atoms with Crippen molar-refractivity contribution >= 4 is 27.8 Å². The van der Waals surface area contributed by atoms with E-state index >= 15 is 0 Å². The molecule has 5 rings (SSSR count). The summed E-state index contributed by atoms with van der Waals surface area (Å²) in [4.78, 5) is 25.7. The fourth-order valence-corrected chi connectivity index (χ4v) is 3.67. The average Bonchev–Trinajstić information content (AvgIpc) is 3.24. The molecule has 24 heavy (non-hydrogen) atoms. The van der Waals surface area contributed by atoms with Crippen LogP contribution in [0.15, 0.2) is 48.8 Å². The van der Waals surface area contributed by atoms with Gasteiger partial charge < -0.3 is 14.9 Å². The molecule has 4 aromatic rings. The normalized spacial score (nSPS) is 14.2. The van der Waals surface area contributed by atoms with Gasteiger partial charge in [-0.05, 0) is 30.2 Å². The number of benzene rings is 2. The van der Waals surface area contributed by atoms with Gasteiger partial charge in [0.2, 0.25) is 0 Å². The number of nitrogens with one attached hydrogen (secondary N) is 2. The van der Waals surface area contributed by atoms with Gasteiger partial charge in [0.25, 0.3) is 5.91 Å². The van der Waals surface area contributed by atoms with Crippen LogP contribution in [0.25, 0.3) is 21.9 Å². The number of fused-ring (bicyclic) bond motifs is 4. The van der Waals surface area contributed by atoms with Crippen LogP contribution in [0.5, 0.6) is 0 Å². The Kier molecular flexibility index (Phi) is 2.76. The van der Waals surface area contributed by atoms with Gasteiger partial charge in [-0.25, -0.2) is 4.98 Å². The fourth-order valence-electron chi connectivity index (χ4n) is 3.67. The van der Waals surface area contributed by atoms with Gasteiger partial charge >= 0.3 is 0 Å². The Morgan fingerprint density at radius 1 is 1.08 bits per heavy atom. The highest BCUT2D eigenvalue weighted by atomic mass is 16.2. The molecule has 0 saturated heterocycles. The van der Waals surface area contributed by atoms with Crippen molar-refractivity contribution in [2.24, 2.45) is 0 Å². The summed E-state index contributed by atoms with van der Waals surface area (Å²) in [5.41, 5.74) is 5.92. The van der Waals surface area contributed by atoms with Crippen molar-refractivity contribution in [1.29, 1.82) is 0 Å². The van der Waals surface area contributed by atoms with Gasteiger partial charge in [-0.3, -0.25) is 4.79 Å². The van der Waals surface area contributed by atoms with Crippen LogP contribution in [-0.4, -0.2) is 32.3 Å². The second-order valence-electron chi connectivity index (χ2n) is 6.21. The molecule has 2 N–H and O–H groups in total. The maximum atomic E-state index is 13.0. The summed E-state index contributed by atoms with van der Waals surface area (Å²) < 4.78 is 0. The molecule has 0 fully saturated rings. The SMILES string of the molecule is O=C(c1cccc2[nH]cnc12)N1CCc2c([nH]c3ccccc23)C1. The number of para-hydroxylation sites is 2. The van der Waals surface area contributed by atoms with Gasteiger partial charge in [0, 0.05) is 23.1 Å². The van der Waals surface area contributed by atoms with Gasteiger partial charge in [-0.15, -0.1) is 0 Å². The highest BCUT2D eigenvalue weighted by Crippen LogP contribution is 2.28. The van der Waals surface area contributed by atoms with E-state index in [1.807, 2.05) is 29.2 Å². The first-order chi connectivity index (χ1) is 11.8. The van der Waals surface area contributed by atoms with Crippen LogP contribution in [0.2, 0.25) is 0 Å². The first-order valence-corrected chi connectivity index (χ1v) is 8.11. The molecule has 0 unspecified atom stereocenters. The molecular formula is C19H16N4O. The highest BCUT2D eigenvalue weighted by Gasteiger charge is 2.25. The van der Waals surface area contributed by atoms with Crippen LogP contribution in [0.4, 0.5) is 0 Å². The Hall–Kier alpha value is -3.08. The van der Waals surface area contributed by atoms with Gasteiger partial charge in [-0.1, -0.05) is 24.3 Å². The number of aromatic nitrogens is 3. The minimum Gasteiger partial charge on any atom is -0.357 e. The van der Waals surface area contributed by atoms with Gasteiger partial charge in [0.05, 0.1) is 24.0 Å². The number of carbonyl (C=O) groups is 1. The van der Waals surface area contributed by atoms with Crippen molar-refractivity contribution in [2.75, 3.05) is 6.54 Å². The van der Waals surface area contributed by atoms with Crippen molar-refractivity contribution in [3.63, 3.8) is 0 Å². The molecule has 1 aliphatic rings. The minimum atomic E-state index is 0.0389. The molecule has 2 aromatic heterocycles. The molecule has 5 nitrogen and oxygen atoms in total. The number of H-pyrrole nitrogens is 2. The van der Waals surface area contributed by atoms with Crippen LogP contribution in [-0.2, 0) is 13.0 Å². The van der Waals surface area contributed by atoms with Crippen LogP contribution >= 0.6 is 0 Å². The summed E-state index contributed by atoms with van der Waals surface area (Å²) in [6.45, 7) is 1.35. The molecule has 1 amide bonds. The minimum absolute atomic E-state index is 0.0389. The molecule has 5 heteroatoms. The summed E-state index contributed by atoms with van der Waals surface area (Å²) >= 11 is 0. The average molecular weight is 316 g/mol. The van der Waals surface area contributed by atoms with Crippen LogP contribution < -0.4 is 0 Å². The summed E-state index contributed by atoms with van der Waals surface area (Å²) in [6.07, 6.45) is 2.51. The van der Waals surface area contributed by atoms with Gasteiger partial charge in [-0.2, -0.15) is 0 Å². The van der Waals surface area contributed by atoms with E-state index in [2.05, 4.69) is 33.2 Å². The number of amides is 1. The maximum absolute atomic E-state index is 13.0. The zero-order valence-corrected chi connectivity index (χ0v) is 13.0. The Balaban J connectivity index is 1.52. The third-order valence-electron chi connectivity index (χ3n) is 4.85. The maximum Gasteiger partial charge on any atom is 0.256 e. The number of hydrogen-bond donors (Lipinski definition) is 2. The zero-order chi connectivity index (χ0) is 16.1. The molecule has 1 aliphatic heterocycles. The number of nitrogens with zero attached hydrogens (tertiary/aromatic N) is 2. The molecule has 0 atom stereocenters. The molecule has 0 saturated carbocycles. The van der Waals surface area contributed by atoms with Crippen molar-refractivity contribution < 1.29 is 4.79 Å². The van der Waals surface area contributed by atoms with Crippen molar-refractivity contribution in [1.82, 2.24) is 19.9 Å². The lowest BCUT2D eigenvalue weighted by molar-refractivity contribution is 0.0735. The second-order valence-corrected chi connectivity index (χ2v) is 6.21. The third-order valence-corrected chi connectivity index (χ3v) is 4.85. The summed E-state index contributed by atoms with van der Waals surface area (Å²) in [7, 11) is 0. The molecular weight excluding hydrogens is 300 g/mol. The number of imidazole rings is 1. The van der Waals surface area contributed by atoms with E-state index in [1.54, 1.807) is 6.33 Å². The second kappa shape index (κ2) is 4.96. The predicted octanol–water partition coefficient (Wildman–Crippen LogP) is 3.24. The summed E-state index contributed by atoms with van der Waals surface area (Å²) in [6, 6.07) is 14.0. The fraction of sp³-hybridized carbons (Fsp3) is 0.158. The Morgan fingerprint density at radius 3 is 2.92 bits per heavy atom. The zero-order valence-electron chi connectivity index (χ0n) is 13.0. The molecule has 0 aliphatic carbocycles. The lowest BCUT2D eigenvalue weighted by Crippen LogP contribution is -2.36. The Morgan fingerprint density at radius 2 is 1.96 bits per heavy atom. The summed E-state index contributed by atoms with van der Waals surface area (Å²) in [5.74, 6) is 0.0389. The van der Waals surface area contributed by atoms with Crippen molar-refractivity contribution in [3.8, 4) is 0 Å². The van der Waals surface area contributed by atoms with Gasteiger partial charge in [0.15, 0.2) is 0 Å². The number of carbonyl (C=O) groups excluding carboxylic acids is 1. The number of rotatable bonds is 1. The van der Waals surface area contributed by atoms with E-state index in [-0.39, 0.29) is 5.91 Å². The predicted molar refractivity (Wildman–Crippen MR) is 92.8 cm³/mol. The van der Waals surface area contributed by atoms with E-state index in [9.17, 15) is 4.79 Å². The van der Waals surface area contributed by atoms with Crippen molar-refractivity contribution in [2.45, 2.75) is 13.0 Å². The Bertz CT molecular complexity index is 1080. The largest absolute Gasteiger partial charge is 0.357 e. The number of aromatic amines is 2. The third kappa shape index (κ3) is 1.88. The molecule has 3 heterocycles. The van der Waals surface area contributed by atoms with Crippen molar-refractivity contribution in [3.05, 3.63) is 65.6 Å². The molecule has 0 spiro atoms. The standard InChI is InChI=1S/C19H16N4O/c24-19(14-5-3-7-16-18(14)21-11-20-16)23-9-8-13-12-4-1-2-6-15(12)22-17(13)10-23/h1-7,11,22H,8-10H2,(H,20,21). The quantitative estimate of drug-likeness (QED) is 0.566. The van der Waals surface area contributed by atoms with E-state index < -0.39 is 0 Å². The monoisotopic (exact) mass is 316 g/mol. The molecule has 0 radical (unpaired) electrons. The first kappa shape index (κ1) is 13.4. The van der Waals surface area contributed by atoms with Crippen LogP contribution in [0.1, 0.15) is 21.6 Å². The Labute approximate surface area is 138 Å². The molecule has 0 bridgehead atoms. The summed E-state index contributed by atoms with van der Waals surface area (Å²) in [5, 5.41) is 1.27. The van der Waals surface area contributed by atoms with E-state index in [0.29, 0.717) is 12.1 Å². The van der Waals surface area contributed by atoms with E-state index in [4.69, 9.17) is 0 Å². The van der Waals surface area contributed by atoms with Gasteiger partial charge in [0.1, 0.15) is 5.52 Å². The molecule has 118 valence electrons. The van der Waals surface area contributed by atoms with E-state index in [0.717, 1.165) is 35.2 Å². The van der Waals surface area contributed by atoms with Crippen LogP contribution in [0, 0.1) is 0 Å². The van der Waals surface area contributed by atoms with E-state index in [1.165, 1.54) is 10.9 Å². The molecule has 2 aromatic carbocycles. The highest BCUT2D eigenvalue weighted by molar-refractivity contribution is 6.04. The topological polar surface area (TPSA) is 64.8 Å². The lowest BCUT2D eigenvalue weighted by atomic mass is 10.0. The smallest absolute Gasteiger partial charge is 0.256 e. The number of hydrogen-bond acceptors (Lipinski definition) is 2. The first-order valence-electron chi connectivity index (χ1n) is 8.11. The van der Waals surface area contributed by atoms with Crippen LogP contribution in [0.3, 0.4) is 0 Å². The lowest BCUT2D eigenvalue weighted by Gasteiger charge is -2.27.